The Morgan fingerprint density at radius 2 is 1.53 bits per heavy atom. The minimum absolute atomic E-state index is 0.0131. The number of aliphatic hydroxyl groups is 1. The number of benzene rings is 3. The second-order valence-electron chi connectivity index (χ2n) is 15.1. The van der Waals surface area contributed by atoms with Crippen LogP contribution in [-0.4, -0.2) is 90.7 Å². The third-order valence-corrected chi connectivity index (χ3v) is 9.22. The molecule has 13 nitrogen and oxygen atoms in total. The molecule has 320 valence electrons. The fraction of sp³-hybridized carbons (Fsp3) is 0.386. The first-order valence-electron chi connectivity index (χ1n) is 19.2. The van der Waals surface area contributed by atoms with E-state index in [-0.39, 0.29) is 43.4 Å². The number of carbonyl (C=O) groups excluding carboxylic acids is 5. The Morgan fingerprint density at radius 3 is 2.12 bits per heavy atom. The summed E-state index contributed by atoms with van der Waals surface area (Å²) in [6.07, 6.45) is -3.92. The Hall–Kier alpha value is -5.84. The molecule has 3 N–H and O–H groups in total. The van der Waals surface area contributed by atoms with Gasteiger partial charge in [0, 0.05) is 48.6 Å². The van der Waals surface area contributed by atoms with E-state index in [2.05, 4.69) is 15.4 Å². The number of hydrogen-bond acceptors (Lipinski definition) is 11. The number of alkyl halides is 3. The van der Waals surface area contributed by atoms with Crippen molar-refractivity contribution in [1.29, 1.82) is 0 Å². The first kappa shape index (κ1) is 45.2. The zero-order valence-electron chi connectivity index (χ0n) is 33.2. The number of nitrogens with one attached hydrogen (secondary N) is 2. The number of rotatable bonds is 16. The number of hydrogen-bond donors (Lipinski definition) is 3. The molecular formula is C44H47F3N2O11. The molecule has 16 heteroatoms. The van der Waals surface area contributed by atoms with E-state index < -0.39 is 84.9 Å². The van der Waals surface area contributed by atoms with E-state index in [1.54, 1.807) is 26.8 Å². The van der Waals surface area contributed by atoms with Gasteiger partial charge in [0.2, 0.25) is 17.6 Å². The summed E-state index contributed by atoms with van der Waals surface area (Å²) >= 11 is 0. The van der Waals surface area contributed by atoms with Crippen LogP contribution in [0.3, 0.4) is 0 Å². The summed E-state index contributed by atoms with van der Waals surface area (Å²) in [5.41, 5.74) is 1.32. The zero-order chi connectivity index (χ0) is 43.5. The first-order valence-corrected chi connectivity index (χ1v) is 19.2. The van der Waals surface area contributed by atoms with Gasteiger partial charge in [0.1, 0.15) is 23.9 Å². The number of carbonyl (C=O) groups is 5. The van der Waals surface area contributed by atoms with Gasteiger partial charge in [0.15, 0.2) is 6.61 Å². The smallest absolute Gasteiger partial charge is 0.422 e. The van der Waals surface area contributed by atoms with Crippen molar-refractivity contribution in [3.05, 3.63) is 125 Å². The lowest BCUT2D eigenvalue weighted by molar-refractivity contribution is -0.182. The lowest BCUT2D eigenvalue weighted by Crippen LogP contribution is -2.44. The molecule has 0 saturated carbocycles. The summed E-state index contributed by atoms with van der Waals surface area (Å²) < 4.78 is 66.0. The molecule has 2 amide bonds. The van der Waals surface area contributed by atoms with Gasteiger partial charge in [0.05, 0.1) is 18.2 Å². The van der Waals surface area contributed by atoms with Crippen molar-refractivity contribution >= 4 is 35.8 Å². The van der Waals surface area contributed by atoms with Gasteiger partial charge in [-0.3, -0.25) is 14.4 Å². The summed E-state index contributed by atoms with van der Waals surface area (Å²) in [7, 11) is 0. The van der Waals surface area contributed by atoms with Crippen LogP contribution in [0.15, 0.2) is 103 Å². The van der Waals surface area contributed by atoms with E-state index in [4.69, 9.17) is 18.9 Å². The lowest BCUT2D eigenvalue weighted by Gasteiger charge is -2.31. The molecule has 1 aliphatic carbocycles. The Kier molecular flexibility index (Phi) is 15.0. The number of fused-ring (bicyclic) bond motifs is 1. The molecule has 0 radical (unpaired) electrons. The number of esters is 3. The van der Waals surface area contributed by atoms with E-state index in [0.29, 0.717) is 16.7 Å². The van der Waals surface area contributed by atoms with Crippen LogP contribution < -0.4 is 10.6 Å². The topological polar surface area (TPSA) is 176 Å². The monoisotopic (exact) mass is 836 g/mol. The van der Waals surface area contributed by atoms with Crippen LogP contribution in [0.4, 0.5) is 13.2 Å². The van der Waals surface area contributed by atoms with Crippen LogP contribution in [0.5, 0.6) is 0 Å². The summed E-state index contributed by atoms with van der Waals surface area (Å²) in [5.74, 6) is -4.89. The minimum Gasteiger partial charge on any atom is -0.460 e. The molecular weight excluding hydrogens is 789 g/mol. The molecule has 0 spiro atoms. The lowest BCUT2D eigenvalue weighted by atomic mass is 9.91. The fourth-order valence-corrected chi connectivity index (χ4v) is 6.49. The van der Waals surface area contributed by atoms with Crippen LogP contribution in [0.1, 0.15) is 73.5 Å². The molecule has 1 saturated heterocycles. The highest BCUT2D eigenvalue weighted by molar-refractivity contribution is 5.94. The van der Waals surface area contributed by atoms with Gasteiger partial charge < -0.3 is 39.4 Å². The molecule has 5 rings (SSSR count). The quantitative estimate of drug-likeness (QED) is 0.0951. The summed E-state index contributed by atoms with van der Waals surface area (Å²) in [4.78, 5) is 63.8. The van der Waals surface area contributed by atoms with Gasteiger partial charge in [-0.25, -0.2) is 9.59 Å². The van der Waals surface area contributed by atoms with Crippen molar-refractivity contribution in [3.8, 4) is 0 Å². The highest BCUT2D eigenvalue weighted by Crippen LogP contribution is 2.47. The van der Waals surface area contributed by atoms with E-state index >= 15 is 0 Å². The summed E-state index contributed by atoms with van der Waals surface area (Å²) in [6, 6.07) is 23.3. The predicted molar refractivity (Wildman–Crippen MR) is 210 cm³/mol. The van der Waals surface area contributed by atoms with Gasteiger partial charge in [-0.05, 0) is 57.0 Å². The zero-order valence-corrected chi connectivity index (χ0v) is 33.2. The molecule has 4 atom stereocenters. The maximum atomic E-state index is 13.6. The van der Waals surface area contributed by atoms with Crippen molar-refractivity contribution in [3.63, 3.8) is 0 Å². The number of amides is 2. The highest BCUT2D eigenvalue weighted by Gasteiger charge is 2.55. The van der Waals surface area contributed by atoms with Gasteiger partial charge in [0.25, 0.3) is 0 Å². The number of ether oxygens (including phenoxy) is 5. The van der Waals surface area contributed by atoms with Gasteiger partial charge in [-0.15, -0.1) is 0 Å². The van der Waals surface area contributed by atoms with Crippen LogP contribution in [-0.2, 0) is 48.6 Å². The average Bonchev–Trinajstić information content (AvgIpc) is 3.62. The number of aliphatic hydroxyl groups excluding tert-OH is 1. The molecule has 0 aromatic heterocycles. The third kappa shape index (κ3) is 12.8. The van der Waals surface area contributed by atoms with Crippen molar-refractivity contribution in [2.45, 2.75) is 88.4 Å². The Morgan fingerprint density at radius 1 is 0.900 bits per heavy atom. The van der Waals surface area contributed by atoms with E-state index in [9.17, 15) is 42.3 Å². The SMILES string of the molecule is CC(C)(C)OC(=O)CC[C@@H](CO)NC(=O)CCNC(=O)C1=C[C@H]2OC(c3ccccc3)(c3ccccc3)O[C@H]2[C@H](OC(=O)c2ccc(C=CC(=O)OCC(F)(F)F)cc2)C1. The Bertz CT molecular complexity index is 1990. The van der Waals surface area contributed by atoms with Crippen LogP contribution >= 0.6 is 0 Å². The predicted octanol–water partition coefficient (Wildman–Crippen LogP) is 5.45. The minimum atomic E-state index is -4.67. The summed E-state index contributed by atoms with van der Waals surface area (Å²) in [5, 5.41) is 15.1. The molecule has 1 fully saturated rings. The van der Waals surface area contributed by atoms with E-state index in [0.717, 1.165) is 6.08 Å². The third-order valence-electron chi connectivity index (χ3n) is 9.22. The molecule has 0 unspecified atom stereocenters. The molecule has 2 aliphatic rings. The average molecular weight is 837 g/mol. The van der Waals surface area contributed by atoms with Crippen LogP contribution in [0.25, 0.3) is 6.08 Å². The number of halogens is 3. The molecule has 3 aromatic rings. The van der Waals surface area contributed by atoms with Crippen molar-refractivity contribution in [2.75, 3.05) is 19.8 Å². The molecule has 3 aromatic carbocycles. The van der Waals surface area contributed by atoms with Crippen molar-refractivity contribution < 1.29 is 65.9 Å². The van der Waals surface area contributed by atoms with E-state index in [1.165, 1.54) is 30.3 Å². The van der Waals surface area contributed by atoms with Crippen molar-refractivity contribution in [2.24, 2.45) is 0 Å². The van der Waals surface area contributed by atoms with Crippen LogP contribution in [0.2, 0.25) is 0 Å². The normalized spacial score (nSPS) is 19.1. The molecule has 60 heavy (non-hydrogen) atoms. The Labute approximate surface area is 344 Å². The summed E-state index contributed by atoms with van der Waals surface area (Å²) in [6.45, 7) is 3.00. The maximum Gasteiger partial charge on any atom is 0.422 e. The van der Waals surface area contributed by atoms with Gasteiger partial charge in [-0.1, -0.05) is 72.8 Å². The molecule has 1 aliphatic heterocycles. The molecule has 0 bridgehead atoms. The van der Waals surface area contributed by atoms with Gasteiger partial charge in [-0.2, -0.15) is 13.2 Å². The second-order valence-corrected chi connectivity index (χ2v) is 15.1. The largest absolute Gasteiger partial charge is 0.460 e. The standard InChI is InChI=1S/C44H47F3N2O11/c1-42(2,3)59-38(53)21-19-33(26-50)49-36(51)22-23-48-40(54)30-24-34(57-41(55)29-17-14-28(15-18-29)16-20-37(52)56-27-43(45,46)47)39-35(25-30)58-44(60-39,31-10-6-4-7-11-31)32-12-8-5-9-13-32/h4-18,20,25,33-35,39,50H,19,21-24,26-27H2,1-3H3,(H,48,54)(H,49,51)/t33-,34+,35+,39-/m0/s1. The second kappa shape index (κ2) is 19.9. The van der Waals surface area contributed by atoms with Crippen LogP contribution in [0, 0.1) is 0 Å². The Balaban J connectivity index is 1.29. The first-order chi connectivity index (χ1) is 28.4. The molecule has 1 heterocycles. The highest BCUT2D eigenvalue weighted by atomic mass is 19.4. The van der Waals surface area contributed by atoms with E-state index in [1.807, 2.05) is 60.7 Å². The maximum absolute atomic E-state index is 13.6. The van der Waals surface area contributed by atoms with Crippen molar-refractivity contribution in [1.82, 2.24) is 10.6 Å². The fourth-order valence-electron chi connectivity index (χ4n) is 6.49. The van der Waals surface area contributed by atoms with Gasteiger partial charge >= 0.3 is 24.1 Å².